The van der Waals surface area contributed by atoms with Crippen molar-refractivity contribution in [2.45, 2.75) is 32.2 Å². The van der Waals surface area contributed by atoms with Gasteiger partial charge in [0.15, 0.2) is 5.96 Å². The molecule has 0 aliphatic heterocycles. The van der Waals surface area contributed by atoms with Gasteiger partial charge >= 0.3 is 0 Å². The number of methoxy groups -OCH3 is 1. The van der Waals surface area contributed by atoms with Crippen molar-refractivity contribution in [2.24, 2.45) is 16.3 Å². The highest BCUT2D eigenvalue weighted by Crippen LogP contribution is 2.60. The van der Waals surface area contributed by atoms with Crippen LogP contribution in [0.15, 0.2) is 29.3 Å². The van der Waals surface area contributed by atoms with E-state index in [1.165, 1.54) is 25.7 Å². The molecule has 0 aromatic heterocycles. The summed E-state index contributed by atoms with van der Waals surface area (Å²) in [5.74, 6) is 2.77. The first-order valence-corrected chi connectivity index (χ1v) is 7.84. The van der Waals surface area contributed by atoms with Crippen LogP contribution in [-0.2, 0) is 6.54 Å². The molecule has 1 aromatic carbocycles. The fraction of sp³-hybridized carbons (Fsp3) is 0.588. The molecule has 0 bridgehead atoms. The van der Waals surface area contributed by atoms with E-state index in [1.807, 2.05) is 25.2 Å². The number of hydrogen-bond donors (Lipinski definition) is 2. The maximum Gasteiger partial charge on any atom is 0.191 e. The third-order valence-corrected chi connectivity index (χ3v) is 4.81. The second-order valence-electron chi connectivity index (χ2n) is 6.23. The molecule has 1 aromatic rings. The molecule has 2 N–H and O–H groups in total. The fourth-order valence-electron chi connectivity index (χ4n) is 3.09. The molecule has 2 aliphatic carbocycles. The highest BCUT2D eigenvalue weighted by Gasteiger charge is 2.53. The zero-order chi connectivity index (χ0) is 14.7. The summed E-state index contributed by atoms with van der Waals surface area (Å²) in [5, 5.41) is 6.88. The van der Waals surface area contributed by atoms with Crippen LogP contribution >= 0.6 is 24.0 Å². The number of benzene rings is 1. The Balaban J connectivity index is 0.00000176. The smallest absolute Gasteiger partial charge is 0.191 e. The monoisotopic (exact) mass is 415 g/mol. The SMILES string of the molecule is CN=C(NCc1ccccc1OC)NCC1(C2CC2)CC1.I. The molecule has 122 valence electrons. The molecule has 3 rings (SSSR count). The van der Waals surface area contributed by atoms with Crippen LogP contribution in [0, 0.1) is 11.3 Å². The summed E-state index contributed by atoms with van der Waals surface area (Å²) in [6, 6.07) is 8.08. The second-order valence-corrected chi connectivity index (χ2v) is 6.23. The lowest BCUT2D eigenvalue weighted by atomic mass is 10.0. The molecule has 0 radical (unpaired) electrons. The number of hydrogen-bond acceptors (Lipinski definition) is 2. The second kappa shape index (κ2) is 7.53. The van der Waals surface area contributed by atoms with Gasteiger partial charge in [-0.25, -0.2) is 0 Å². The topological polar surface area (TPSA) is 45.7 Å². The molecule has 2 fully saturated rings. The van der Waals surface area contributed by atoms with Gasteiger partial charge in [-0.3, -0.25) is 4.99 Å². The van der Waals surface area contributed by atoms with E-state index in [0.29, 0.717) is 5.41 Å². The molecule has 0 amide bonds. The standard InChI is InChI=1S/C17H25N3O.HI/c1-18-16(20-12-17(9-10-17)14-7-8-14)19-11-13-5-3-4-6-15(13)21-2;/h3-6,14H,7-12H2,1-2H3,(H2,18,19,20);1H. The van der Waals surface area contributed by atoms with Crippen LogP contribution in [0.3, 0.4) is 0 Å². The van der Waals surface area contributed by atoms with Crippen LogP contribution in [0.25, 0.3) is 0 Å². The molecule has 0 spiro atoms. The first kappa shape index (κ1) is 17.4. The Morgan fingerprint density at radius 3 is 2.59 bits per heavy atom. The summed E-state index contributed by atoms with van der Waals surface area (Å²) in [5.41, 5.74) is 1.73. The number of nitrogens with zero attached hydrogens (tertiary/aromatic N) is 1. The summed E-state index contributed by atoms with van der Waals surface area (Å²) in [6.07, 6.45) is 5.62. The van der Waals surface area contributed by atoms with Gasteiger partial charge in [-0.2, -0.15) is 0 Å². The molecular weight excluding hydrogens is 389 g/mol. The van der Waals surface area contributed by atoms with Crippen molar-refractivity contribution in [3.8, 4) is 5.75 Å². The highest BCUT2D eigenvalue weighted by molar-refractivity contribution is 14.0. The number of halogens is 1. The van der Waals surface area contributed by atoms with Crippen molar-refractivity contribution >= 4 is 29.9 Å². The largest absolute Gasteiger partial charge is 0.496 e. The third-order valence-electron chi connectivity index (χ3n) is 4.81. The van der Waals surface area contributed by atoms with E-state index in [4.69, 9.17) is 4.74 Å². The summed E-state index contributed by atoms with van der Waals surface area (Å²) in [7, 11) is 3.53. The maximum absolute atomic E-state index is 5.37. The van der Waals surface area contributed by atoms with Crippen LogP contribution in [-0.4, -0.2) is 26.7 Å². The molecule has 22 heavy (non-hydrogen) atoms. The summed E-state index contributed by atoms with van der Waals surface area (Å²) in [6.45, 7) is 1.78. The van der Waals surface area contributed by atoms with Crippen molar-refractivity contribution in [3.05, 3.63) is 29.8 Å². The number of nitrogens with one attached hydrogen (secondary N) is 2. The third kappa shape index (κ3) is 4.06. The van der Waals surface area contributed by atoms with Crippen molar-refractivity contribution < 1.29 is 4.74 Å². The van der Waals surface area contributed by atoms with E-state index in [0.717, 1.165) is 36.3 Å². The number of para-hydroxylation sites is 1. The van der Waals surface area contributed by atoms with Gasteiger partial charge in [0.05, 0.1) is 7.11 Å². The van der Waals surface area contributed by atoms with Crippen molar-refractivity contribution in [3.63, 3.8) is 0 Å². The molecule has 2 aliphatic rings. The van der Waals surface area contributed by atoms with Gasteiger partial charge < -0.3 is 15.4 Å². The number of guanidine groups is 1. The Kier molecular flexibility index (Phi) is 5.94. The quantitative estimate of drug-likeness (QED) is 0.426. The predicted octanol–water partition coefficient (Wildman–Crippen LogP) is 3.17. The minimum Gasteiger partial charge on any atom is -0.496 e. The van der Waals surface area contributed by atoms with Crippen LogP contribution in [0.1, 0.15) is 31.2 Å². The lowest BCUT2D eigenvalue weighted by molar-refractivity contribution is 0.408. The van der Waals surface area contributed by atoms with E-state index in [1.54, 1.807) is 7.11 Å². The lowest BCUT2D eigenvalue weighted by Gasteiger charge is -2.18. The van der Waals surface area contributed by atoms with Crippen LogP contribution in [0.5, 0.6) is 5.75 Å². The average Bonchev–Trinajstić information content (AvgIpc) is 3.39. The summed E-state index contributed by atoms with van der Waals surface area (Å²) < 4.78 is 5.37. The molecule has 0 atom stereocenters. The normalized spacial score (nSPS) is 19.1. The molecular formula is C17H26IN3O. The lowest BCUT2D eigenvalue weighted by Crippen LogP contribution is -2.40. The molecule has 0 heterocycles. The number of ether oxygens (including phenoxy) is 1. The van der Waals surface area contributed by atoms with E-state index < -0.39 is 0 Å². The average molecular weight is 415 g/mol. The minimum absolute atomic E-state index is 0. The van der Waals surface area contributed by atoms with Gasteiger partial charge in [-0.1, -0.05) is 18.2 Å². The Labute approximate surface area is 150 Å². The maximum atomic E-state index is 5.37. The molecule has 0 unspecified atom stereocenters. The van der Waals surface area contributed by atoms with E-state index in [-0.39, 0.29) is 24.0 Å². The Morgan fingerprint density at radius 2 is 2.00 bits per heavy atom. The van der Waals surface area contributed by atoms with Gasteiger partial charge in [0.2, 0.25) is 0 Å². The minimum atomic E-state index is 0. The zero-order valence-electron chi connectivity index (χ0n) is 13.4. The summed E-state index contributed by atoms with van der Waals surface area (Å²) in [4.78, 5) is 4.32. The number of aliphatic imine (C=N–C) groups is 1. The van der Waals surface area contributed by atoms with E-state index >= 15 is 0 Å². The van der Waals surface area contributed by atoms with Gasteiger partial charge in [0, 0.05) is 25.7 Å². The van der Waals surface area contributed by atoms with Gasteiger partial charge in [-0.15, -0.1) is 24.0 Å². The van der Waals surface area contributed by atoms with Crippen molar-refractivity contribution in [2.75, 3.05) is 20.7 Å². The van der Waals surface area contributed by atoms with Crippen LogP contribution in [0.2, 0.25) is 0 Å². The number of rotatable bonds is 6. The Bertz CT molecular complexity index is 524. The van der Waals surface area contributed by atoms with Crippen LogP contribution in [0.4, 0.5) is 0 Å². The molecule has 5 heteroatoms. The highest BCUT2D eigenvalue weighted by atomic mass is 127. The van der Waals surface area contributed by atoms with Gasteiger partial charge in [0.1, 0.15) is 5.75 Å². The zero-order valence-corrected chi connectivity index (χ0v) is 15.7. The van der Waals surface area contributed by atoms with E-state index in [2.05, 4.69) is 21.7 Å². The first-order valence-electron chi connectivity index (χ1n) is 7.84. The fourth-order valence-corrected chi connectivity index (χ4v) is 3.09. The van der Waals surface area contributed by atoms with Crippen LogP contribution < -0.4 is 15.4 Å². The molecule has 4 nitrogen and oxygen atoms in total. The van der Waals surface area contributed by atoms with Crippen molar-refractivity contribution in [1.82, 2.24) is 10.6 Å². The molecule has 0 saturated heterocycles. The molecule has 2 saturated carbocycles. The van der Waals surface area contributed by atoms with Gasteiger partial charge in [0.25, 0.3) is 0 Å². The van der Waals surface area contributed by atoms with Crippen molar-refractivity contribution in [1.29, 1.82) is 0 Å². The summed E-state index contributed by atoms with van der Waals surface area (Å²) >= 11 is 0. The van der Waals surface area contributed by atoms with E-state index in [9.17, 15) is 0 Å². The first-order chi connectivity index (χ1) is 10.3. The Morgan fingerprint density at radius 1 is 1.27 bits per heavy atom. The predicted molar refractivity (Wildman–Crippen MR) is 101 cm³/mol. The van der Waals surface area contributed by atoms with Gasteiger partial charge in [-0.05, 0) is 43.1 Å². The Hall–Kier alpha value is -0.980.